The predicted molar refractivity (Wildman–Crippen MR) is 120 cm³/mol. The van der Waals surface area contributed by atoms with Gasteiger partial charge in [0, 0.05) is 42.6 Å². The Balaban J connectivity index is 1.27. The van der Waals surface area contributed by atoms with Gasteiger partial charge in [0.1, 0.15) is 0 Å². The summed E-state index contributed by atoms with van der Waals surface area (Å²) in [5, 5.41) is 4.48. The van der Waals surface area contributed by atoms with E-state index in [1.54, 1.807) is 16.9 Å². The molecule has 2 aliphatic rings. The summed E-state index contributed by atoms with van der Waals surface area (Å²) in [6.07, 6.45) is 3.87. The number of para-hydroxylation sites is 2. The molecule has 3 heterocycles. The zero-order valence-corrected chi connectivity index (χ0v) is 17.9. The minimum absolute atomic E-state index is 0.0860. The smallest absolute Gasteiger partial charge is 0.279 e. The molecular weight excluding hydrogens is 388 g/mol. The third-order valence-electron chi connectivity index (χ3n) is 6.32. The molecule has 0 aliphatic carbocycles. The van der Waals surface area contributed by atoms with E-state index in [2.05, 4.69) is 31.1 Å². The minimum atomic E-state index is -0.0929. The van der Waals surface area contributed by atoms with E-state index in [9.17, 15) is 9.59 Å². The van der Waals surface area contributed by atoms with Crippen molar-refractivity contribution in [2.45, 2.75) is 51.7 Å². The van der Waals surface area contributed by atoms with Gasteiger partial charge in [-0.2, -0.15) is 5.10 Å². The number of hydrogen-bond donors (Lipinski definition) is 0. The molecule has 6 nitrogen and oxygen atoms in total. The number of benzene rings is 2. The van der Waals surface area contributed by atoms with Crippen molar-refractivity contribution in [3.8, 4) is 0 Å². The van der Waals surface area contributed by atoms with Crippen molar-refractivity contribution in [2.24, 2.45) is 0 Å². The van der Waals surface area contributed by atoms with Crippen molar-refractivity contribution >= 4 is 23.2 Å². The average Bonchev–Trinajstić information content (AvgIpc) is 3.45. The summed E-state index contributed by atoms with van der Waals surface area (Å²) in [7, 11) is 0. The predicted octanol–water partition coefficient (Wildman–Crippen LogP) is 3.84. The molecule has 2 amide bonds. The van der Waals surface area contributed by atoms with Crippen molar-refractivity contribution in [2.75, 3.05) is 9.80 Å². The van der Waals surface area contributed by atoms with Crippen LogP contribution >= 0.6 is 0 Å². The highest BCUT2D eigenvalue weighted by Crippen LogP contribution is 2.33. The van der Waals surface area contributed by atoms with Crippen LogP contribution < -0.4 is 9.80 Å². The van der Waals surface area contributed by atoms with Crippen LogP contribution in [0.15, 0.2) is 60.8 Å². The van der Waals surface area contributed by atoms with Crippen LogP contribution in [0.3, 0.4) is 0 Å². The van der Waals surface area contributed by atoms with Crippen molar-refractivity contribution in [3.63, 3.8) is 0 Å². The fourth-order valence-electron chi connectivity index (χ4n) is 4.87. The van der Waals surface area contributed by atoms with Crippen molar-refractivity contribution in [3.05, 3.63) is 77.6 Å². The summed E-state index contributed by atoms with van der Waals surface area (Å²) in [4.78, 5) is 29.8. The second kappa shape index (κ2) is 7.69. The number of aryl methyl sites for hydroxylation is 1. The lowest BCUT2D eigenvalue weighted by atomic mass is 10.1. The van der Waals surface area contributed by atoms with Crippen LogP contribution in [0.4, 0.5) is 11.4 Å². The Labute approximate surface area is 182 Å². The van der Waals surface area contributed by atoms with Crippen LogP contribution in [0, 0.1) is 0 Å². The summed E-state index contributed by atoms with van der Waals surface area (Å²) in [6, 6.07) is 18.1. The number of hydrogen-bond acceptors (Lipinski definition) is 3. The minimum Gasteiger partial charge on any atom is -0.309 e. The summed E-state index contributed by atoms with van der Waals surface area (Å²) >= 11 is 0. The molecule has 0 N–H and O–H groups in total. The molecule has 0 spiro atoms. The highest BCUT2D eigenvalue weighted by atomic mass is 16.2. The molecule has 3 aromatic rings. The maximum Gasteiger partial charge on any atom is 0.279 e. The van der Waals surface area contributed by atoms with Gasteiger partial charge in [0.25, 0.3) is 5.91 Å². The largest absolute Gasteiger partial charge is 0.309 e. The molecular formula is C25H26N4O2. The second-order valence-corrected chi connectivity index (χ2v) is 8.52. The monoisotopic (exact) mass is 414 g/mol. The molecule has 158 valence electrons. The van der Waals surface area contributed by atoms with Crippen LogP contribution in [-0.4, -0.2) is 33.7 Å². The Hall–Kier alpha value is -3.41. The SMILES string of the molecule is C[C@@H]1Cc2ccccc2N1C(=O)c1ccn(CCC(=O)N2c3ccccc3C[C@@H]2C)n1. The van der Waals surface area contributed by atoms with Crippen LogP contribution in [0.1, 0.15) is 41.9 Å². The number of fused-ring (bicyclic) bond motifs is 2. The third-order valence-corrected chi connectivity index (χ3v) is 6.32. The lowest BCUT2D eigenvalue weighted by molar-refractivity contribution is -0.119. The molecule has 1 aromatic heterocycles. The first-order valence-corrected chi connectivity index (χ1v) is 10.9. The summed E-state index contributed by atoms with van der Waals surface area (Å²) < 4.78 is 1.70. The van der Waals surface area contributed by atoms with Crippen LogP contribution in [0.5, 0.6) is 0 Å². The molecule has 2 atom stereocenters. The maximum absolute atomic E-state index is 13.1. The first-order valence-electron chi connectivity index (χ1n) is 10.9. The van der Waals surface area contributed by atoms with Crippen molar-refractivity contribution in [1.29, 1.82) is 0 Å². The van der Waals surface area contributed by atoms with Gasteiger partial charge in [-0.3, -0.25) is 14.3 Å². The van der Waals surface area contributed by atoms with Gasteiger partial charge >= 0.3 is 0 Å². The standard InChI is InChI=1S/C25H26N4O2/c1-17-15-19-7-3-5-9-22(19)28(17)24(30)12-14-27-13-11-21(26-27)25(31)29-18(2)16-20-8-4-6-10-23(20)29/h3-11,13,17-18H,12,14-16H2,1-2H3/t17-,18+/m0/s1. The first kappa shape index (κ1) is 19.5. The number of rotatable bonds is 4. The van der Waals surface area contributed by atoms with Gasteiger partial charge in [-0.1, -0.05) is 36.4 Å². The van der Waals surface area contributed by atoms with Gasteiger partial charge in [0.05, 0.1) is 0 Å². The van der Waals surface area contributed by atoms with Gasteiger partial charge < -0.3 is 9.80 Å². The zero-order chi connectivity index (χ0) is 21.5. The fraction of sp³-hybridized carbons (Fsp3) is 0.320. The topological polar surface area (TPSA) is 58.4 Å². The third kappa shape index (κ3) is 3.42. The Morgan fingerprint density at radius 2 is 1.45 bits per heavy atom. The van der Waals surface area contributed by atoms with E-state index in [4.69, 9.17) is 0 Å². The highest BCUT2D eigenvalue weighted by Gasteiger charge is 2.33. The van der Waals surface area contributed by atoms with Crippen LogP contribution in [0.25, 0.3) is 0 Å². The average molecular weight is 415 g/mol. The molecule has 5 rings (SSSR count). The van der Waals surface area contributed by atoms with E-state index in [-0.39, 0.29) is 23.9 Å². The van der Waals surface area contributed by atoms with E-state index in [1.165, 1.54) is 11.1 Å². The number of nitrogens with zero attached hydrogens (tertiary/aromatic N) is 4. The Kier molecular flexibility index (Phi) is 4.85. The van der Waals surface area contributed by atoms with Gasteiger partial charge in [0.15, 0.2) is 5.69 Å². The Morgan fingerprint density at radius 1 is 0.871 bits per heavy atom. The molecule has 0 radical (unpaired) electrons. The highest BCUT2D eigenvalue weighted by molar-refractivity contribution is 6.06. The first-order chi connectivity index (χ1) is 15.0. The molecule has 0 saturated heterocycles. The number of anilines is 2. The van der Waals surface area contributed by atoms with Crippen LogP contribution in [0.2, 0.25) is 0 Å². The molecule has 0 bridgehead atoms. The van der Waals surface area contributed by atoms with Gasteiger partial charge in [-0.15, -0.1) is 0 Å². The van der Waals surface area contributed by atoms with E-state index in [0.29, 0.717) is 18.7 Å². The molecule has 6 heteroatoms. The number of amides is 2. The van der Waals surface area contributed by atoms with E-state index >= 15 is 0 Å². The number of carbonyl (C=O) groups is 2. The lowest BCUT2D eigenvalue weighted by Crippen LogP contribution is -2.36. The summed E-state index contributed by atoms with van der Waals surface area (Å²) in [5.41, 5.74) is 4.80. The molecule has 0 saturated carbocycles. The molecule has 2 aromatic carbocycles. The number of carbonyl (C=O) groups excluding carboxylic acids is 2. The zero-order valence-electron chi connectivity index (χ0n) is 17.9. The van der Waals surface area contributed by atoms with Gasteiger partial charge in [-0.05, 0) is 56.0 Å². The second-order valence-electron chi connectivity index (χ2n) is 8.52. The molecule has 0 fully saturated rings. The summed E-state index contributed by atoms with van der Waals surface area (Å²) in [5.74, 6) is -0.00691. The Morgan fingerprint density at radius 3 is 2.13 bits per heavy atom. The normalized spacial score (nSPS) is 19.4. The Bertz CT molecular complexity index is 1150. The fourth-order valence-corrected chi connectivity index (χ4v) is 4.87. The van der Waals surface area contributed by atoms with E-state index < -0.39 is 0 Å². The quantitative estimate of drug-likeness (QED) is 0.652. The van der Waals surface area contributed by atoms with Crippen molar-refractivity contribution < 1.29 is 9.59 Å². The van der Waals surface area contributed by atoms with E-state index in [0.717, 1.165) is 24.2 Å². The molecule has 2 aliphatic heterocycles. The van der Waals surface area contributed by atoms with Gasteiger partial charge in [0.2, 0.25) is 5.91 Å². The van der Waals surface area contributed by atoms with E-state index in [1.807, 2.05) is 46.2 Å². The van der Waals surface area contributed by atoms with Gasteiger partial charge in [-0.25, -0.2) is 0 Å². The van der Waals surface area contributed by atoms with Crippen molar-refractivity contribution in [1.82, 2.24) is 9.78 Å². The summed E-state index contributed by atoms with van der Waals surface area (Å²) in [6.45, 7) is 4.59. The van der Waals surface area contributed by atoms with Crippen LogP contribution in [-0.2, 0) is 24.2 Å². The lowest BCUT2D eigenvalue weighted by Gasteiger charge is -2.23. The molecule has 31 heavy (non-hydrogen) atoms. The number of aromatic nitrogens is 2. The molecule has 0 unspecified atom stereocenters. The maximum atomic E-state index is 13.1.